The fraction of sp³-hybridized carbons (Fsp3) is 0. The van der Waals surface area contributed by atoms with Gasteiger partial charge in [0.2, 0.25) is 0 Å². The number of rotatable bonds is 0. The third-order valence-electron chi connectivity index (χ3n) is 0.621. The number of nitrogens with zero attached hydrogens (tertiary/aromatic N) is 3. The molecule has 1 heterocycles. The summed E-state index contributed by atoms with van der Waals surface area (Å²) < 4.78 is 6.97. The van der Waals surface area contributed by atoms with Crippen LogP contribution in [0.5, 0.6) is 0 Å². The van der Waals surface area contributed by atoms with Gasteiger partial charge in [-0.3, -0.25) is 4.98 Å². The Morgan fingerprint density at radius 1 is 1.75 bits per heavy atom. The molecule has 0 aliphatic rings. The van der Waals surface area contributed by atoms with Gasteiger partial charge in [-0.05, 0) is 0 Å². The second-order valence-corrected chi connectivity index (χ2v) is 1.13. The molecule has 0 radical (unpaired) electrons. The van der Waals surface area contributed by atoms with E-state index < -0.39 is 0 Å². The summed E-state index contributed by atoms with van der Waals surface area (Å²) in [5.74, 6) is 0. The fourth-order valence-electron chi connectivity index (χ4n) is 0.322. The van der Waals surface area contributed by atoms with E-state index in [1.807, 2.05) is 0 Å². The molecule has 0 aliphatic carbocycles. The van der Waals surface area contributed by atoms with Crippen LogP contribution < -0.4 is 0 Å². The third-order valence-corrected chi connectivity index (χ3v) is 0.621. The van der Waals surface area contributed by atoms with Gasteiger partial charge in [0, 0.05) is 12.4 Å². The fourth-order valence-corrected chi connectivity index (χ4v) is 0.322. The largest absolute Gasteiger partial charge is 0.260 e. The van der Waals surface area contributed by atoms with Crippen LogP contribution in [0, 0.1) is 11.3 Å². The molecule has 0 aliphatic heterocycles. The molecule has 0 fully saturated rings. The Morgan fingerprint density at radius 3 is 3.12 bits per heavy atom. The molecule has 38 valence electrons. The molecule has 0 amide bonds. The summed E-state index contributed by atoms with van der Waals surface area (Å²) in [6, 6.07) is 1.73. The summed E-state index contributed by atoms with van der Waals surface area (Å²) in [6.45, 7) is 0. The Kier molecular flexibility index (Phi) is 0.903. The highest BCUT2D eigenvalue weighted by atomic mass is 14.8. The quantitative estimate of drug-likeness (QED) is 0.479. The minimum absolute atomic E-state index is 0.0671. The Balaban J connectivity index is 3.20. The van der Waals surface area contributed by atoms with Crippen LogP contribution in [0.3, 0.4) is 0 Å². The number of hydrogen-bond acceptors (Lipinski definition) is 3. The molecule has 1 rings (SSSR count). The first-order valence-electron chi connectivity index (χ1n) is 2.52. The van der Waals surface area contributed by atoms with E-state index in [1.165, 1.54) is 12.4 Å². The minimum atomic E-state index is -0.0694. The highest BCUT2D eigenvalue weighted by molar-refractivity contribution is 5.13. The van der Waals surface area contributed by atoms with E-state index in [4.69, 9.17) is 6.63 Å². The Hall–Kier alpha value is -1.43. The maximum atomic E-state index is 8.25. The van der Waals surface area contributed by atoms with E-state index in [0.29, 0.717) is 0 Å². The first-order valence-corrected chi connectivity index (χ1v) is 2.02. The lowest BCUT2D eigenvalue weighted by atomic mass is 10.5. The zero-order chi connectivity index (χ0) is 6.69. The standard InChI is InChI=1S/C5H3N3/c6-3-5-4-7-1-2-8-5/h1-2,4H/i4D. The third kappa shape index (κ3) is 0.793. The topological polar surface area (TPSA) is 49.6 Å². The highest BCUT2D eigenvalue weighted by Gasteiger charge is 1.82. The van der Waals surface area contributed by atoms with Gasteiger partial charge in [0.05, 0.1) is 7.54 Å². The van der Waals surface area contributed by atoms with E-state index in [-0.39, 0.29) is 11.9 Å². The molecule has 3 heteroatoms. The van der Waals surface area contributed by atoms with Crippen molar-refractivity contribution in [2.75, 3.05) is 0 Å². The van der Waals surface area contributed by atoms with Crippen LogP contribution in [-0.2, 0) is 0 Å². The van der Waals surface area contributed by atoms with Crippen molar-refractivity contribution < 1.29 is 1.37 Å². The van der Waals surface area contributed by atoms with Crippen molar-refractivity contribution in [3.63, 3.8) is 0 Å². The van der Waals surface area contributed by atoms with Gasteiger partial charge in [-0.15, -0.1) is 0 Å². The summed E-state index contributed by atoms with van der Waals surface area (Å²) in [6.07, 6.45) is 2.69. The molecule has 0 atom stereocenters. The number of aromatic nitrogens is 2. The molecule has 0 N–H and O–H groups in total. The SMILES string of the molecule is [2H]c1nccnc1C#N. The Labute approximate surface area is 48.0 Å². The van der Waals surface area contributed by atoms with Crippen molar-refractivity contribution in [1.29, 1.82) is 5.26 Å². The van der Waals surface area contributed by atoms with Gasteiger partial charge in [0.25, 0.3) is 0 Å². The van der Waals surface area contributed by atoms with Crippen LogP contribution in [0.15, 0.2) is 18.6 Å². The molecule has 0 spiro atoms. The predicted octanol–water partition coefficient (Wildman–Crippen LogP) is 0.348. The molecule has 3 nitrogen and oxygen atoms in total. The molecular formula is C5H3N3. The summed E-state index contributed by atoms with van der Waals surface area (Å²) in [7, 11) is 0. The van der Waals surface area contributed by atoms with Crippen LogP contribution in [-0.4, -0.2) is 9.97 Å². The molecule has 0 saturated heterocycles. The van der Waals surface area contributed by atoms with E-state index >= 15 is 0 Å². The predicted molar refractivity (Wildman–Crippen MR) is 26.7 cm³/mol. The average molecular weight is 106 g/mol. The maximum absolute atomic E-state index is 8.25. The second kappa shape index (κ2) is 2.03. The van der Waals surface area contributed by atoms with Gasteiger partial charge in [-0.2, -0.15) is 5.26 Å². The smallest absolute Gasteiger partial charge is 0.158 e. The molecule has 1 aromatic heterocycles. The average Bonchev–Trinajstić information content (AvgIpc) is 1.89. The van der Waals surface area contributed by atoms with Crippen LogP contribution in [0.4, 0.5) is 0 Å². The normalized spacial score (nSPS) is 9.62. The molecular weight excluding hydrogens is 102 g/mol. The van der Waals surface area contributed by atoms with Crippen molar-refractivity contribution in [1.82, 2.24) is 9.97 Å². The van der Waals surface area contributed by atoms with Gasteiger partial charge in [0.1, 0.15) is 6.07 Å². The maximum Gasteiger partial charge on any atom is 0.158 e. The van der Waals surface area contributed by atoms with Crippen molar-refractivity contribution in [2.24, 2.45) is 0 Å². The van der Waals surface area contributed by atoms with Crippen molar-refractivity contribution in [2.45, 2.75) is 0 Å². The van der Waals surface area contributed by atoms with E-state index in [9.17, 15) is 0 Å². The van der Waals surface area contributed by atoms with Crippen molar-refractivity contribution in [3.05, 3.63) is 24.3 Å². The van der Waals surface area contributed by atoms with Crippen LogP contribution in [0.25, 0.3) is 0 Å². The summed E-state index contributed by atoms with van der Waals surface area (Å²) in [5, 5.41) is 8.25. The van der Waals surface area contributed by atoms with E-state index in [2.05, 4.69) is 9.97 Å². The Bertz CT molecular complexity index is 253. The van der Waals surface area contributed by atoms with Gasteiger partial charge >= 0.3 is 0 Å². The van der Waals surface area contributed by atoms with E-state index in [0.717, 1.165) is 0 Å². The first kappa shape index (κ1) is 3.56. The summed E-state index contributed by atoms with van der Waals surface area (Å²) in [4.78, 5) is 7.12. The van der Waals surface area contributed by atoms with Crippen LogP contribution in [0.1, 0.15) is 7.06 Å². The van der Waals surface area contributed by atoms with Gasteiger partial charge in [-0.1, -0.05) is 0 Å². The lowest BCUT2D eigenvalue weighted by Gasteiger charge is -1.79. The second-order valence-electron chi connectivity index (χ2n) is 1.13. The van der Waals surface area contributed by atoms with Crippen LogP contribution >= 0.6 is 0 Å². The molecule has 1 aromatic rings. The molecule has 0 aromatic carbocycles. The van der Waals surface area contributed by atoms with E-state index in [1.54, 1.807) is 6.07 Å². The first-order chi connectivity index (χ1) is 4.34. The molecule has 8 heavy (non-hydrogen) atoms. The highest BCUT2D eigenvalue weighted by Crippen LogP contribution is 1.82. The van der Waals surface area contributed by atoms with Crippen molar-refractivity contribution in [3.8, 4) is 6.07 Å². The van der Waals surface area contributed by atoms with Gasteiger partial charge < -0.3 is 0 Å². The molecule has 0 bridgehead atoms. The van der Waals surface area contributed by atoms with Crippen molar-refractivity contribution >= 4 is 0 Å². The van der Waals surface area contributed by atoms with Gasteiger partial charge in [0.15, 0.2) is 5.69 Å². The molecule has 0 saturated carbocycles. The summed E-state index contributed by atoms with van der Waals surface area (Å²) in [5.41, 5.74) is 0.0671. The zero-order valence-electron chi connectivity index (χ0n) is 5.00. The monoisotopic (exact) mass is 106 g/mol. The zero-order valence-corrected chi connectivity index (χ0v) is 4.00. The Morgan fingerprint density at radius 2 is 2.62 bits per heavy atom. The number of nitriles is 1. The van der Waals surface area contributed by atoms with Crippen LogP contribution in [0.2, 0.25) is 0 Å². The number of hydrogen-bond donors (Lipinski definition) is 0. The minimum Gasteiger partial charge on any atom is -0.260 e. The molecule has 0 unspecified atom stereocenters. The van der Waals surface area contributed by atoms with Gasteiger partial charge in [-0.25, -0.2) is 4.98 Å². The lowest BCUT2D eigenvalue weighted by molar-refractivity contribution is 1.16. The lowest BCUT2D eigenvalue weighted by Crippen LogP contribution is -1.79. The summed E-state index contributed by atoms with van der Waals surface area (Å²) >= 11 is 0.